The maximum absolute atomic E-state index is 2.79. The van der Waals surface area contributed by atoms with Crippen LogP contribution < -0.4 is 26.2 Å². The number of fused-ring (bicyclic) bond motifs is 7. The topological polar surface area (TPSA) is 6.48 Å². The van der Waals surface area contributed by atoms with Crippen LogP contribution in [0.4, 0.5) is 34.1 Å². The summed E-state index contributed by atoms with van der Waals surface area (Å²) < 4.78 is 0. The zero-order valence-electron chi connectivity index (χ0n) is 49.6. The molecule has 390 valence electrons. The Kier molecular flexibility index (Phi) is 11.0. The fourth-order valence-electron chi connectivity index (χ4n) is 15.4. The first kappa shape index (κ1) is 51.0. The van der Waals surface area contributed by atoms with Crippen molar-refractivity contribution in [3.8, 4) is 11.1 Å². The van der Waals surface area contributed by atoms with Crippen molar-refractivity contribution in [1.29, 1.82) is 0 Å². The third-order valence-corrected chi connectivity index (χ3v) is 20.3. The molecule has 7 aromatic rings. The number of hydrogen-bond acceptors (Lipinski definition) is 2. The number of hydrogen-bond donors (Lipinski definition) is 0. The van der Waals surface area contributed by atoms with Crippen LogP contribution in [0.15, 0.2) is 127 Å². The van der Waals surface area contributed by atoms with Crippen LogP contribution in [0.1, 0.15) is 205 Å². The standard InChI is InChI=1S/C73H85BN2/c1-45-35-51-54(69(9,10)33-31-67(51,5)6)41-60(45)76-62-42-55-52(68(7,8)32-34-70(55,11)12)39-57(62)74-58-40-53-56(72(15,16)44-71(53,13)14)43-61(58)75(63-37-49(66(2,3)4)38-64(76)65(63)74)59-30-29-48(36-50(59)46-25-21-19-22-26-46)73(17,18)47-27-23-20-24-28-47/h19-30,35-43H,31-34,44H2,1-18H3. The predicted octanol–water partition coefficient (Wildman–Crippen LogP) is 18.0. The molecule has 0 saturated carbocycles. The van der Waals surface area contributed by atoms with Crippen molar-refractivity contribution < 1.29 is 0 Å². The van der Waals surface area contributed by atoms with E-state index in [-0.39, 0.29) is 50.0 Å². The molecule has 5 aliphatic rings. The molecular formula is C73H85BN2. The lowest BCUT2D eigenvalue weighted by Crippen LogP contribution is -2.62. The minimum absolute atomic E-state index is 0.00627. The van der Waals surface area contributed by atoms with Crippen molar-refractivity contribution in [2.24, 2.45) is 0 Å². The first-order valence-corrected chi connectivity index (χ1v) is 29.0. The summed E-state index contributed by atoms with van der Waals surface area (Å²) in [4.78, 5) is 5.54. The molecule has 0 bridgehead atoms. The van der Waals surface area contributed by atoms with Gasteiger partial charge in [-0.25, -0.2) is 0 Å². The minimum Gasteiger partial charge on any atom is -0.311 e. The summed E-state index contributed by atoms with van der Waals surface area (Å²) >= 11 is 0. The van der Waals surface area contributed by atoms with E-state index in [1.807, 2.05) is 0 Å². The van der Waals surface area contributed by atoms with E-state index in [0.29, 0.717) is 0 Å². The lowest BCUT2D eigenvalue weighted by atomic mass is 9.32. The van der Waals surface area contributed by atoms with Gasteiger partial charge in [-0.15, -0.1) is 0 Å². The van der Waals surface area contributed by atoms with Crippen LogP contribution in [-0.2, 0) is 43.3 Å². The number of rotatable bonds is 5. The summed E-state index contributed by atoms with van der Waals surface area (Å²) in [5.41, 5.74) is 28.9. The van der Waals surface area contributed by atoms with E-state index in [9.17, 15) is 0 Å². The summed E-state index contributed by atoms with van der Waals surface area (Å²) in [5, 5.41) is 0. The second-order valence-corrected chi connectivity index (χ2v) is 29.9. The van der Waals surface area contributed by atoms with Crippen molar-refractivity contribution in [2.75, 3.05) is 9.80 Å². The summed E-state index contributed by atoms with van der Waals surface area (Å²) in [5.74, 6) is 0. The Morgan fingerprint density at radius 2 is 0.803 bits per heavy atom. The third kappa shape index (κ3) is 7.61. The van der Waals surface area contributed by atoms with E-state index in [4.69, 9.17) is 0 Å². The second-order valence-electron chi connectivity index (χ2n) is 29.9. The lowest BCUT2D eigenvalue weighted by molar-refractivity contribution is 0.331. The maximum Gasteiger partial charge on any atom is 0.252 e. The molecule has 2 heterocycles. The molecule has 0 fully saturated rings. The largest absolute Gasteiger partial charge is 0.311 e. The first-order chi connectivity index (χ1) is 35.4. The molecule has 0 amide bonds. The molecule has 0 unspecified atom stereocenters. The molecule has 3 aliphatic carbocycles. The Bertz CT molecular complexity index is 3540. The Balaban J connectivity index is 1.25. The van der Waals surface area contributed by atoms with Gasteiger partial charge < -0.3 is 9.80 Å². The SMILES string of the molecule is Cc1cc2c(cc1N1c3cc4c(cc3B3c5cc6c(cc5N(c5ccc(C(C)(C)c7ccccc7)cc5-c5ccccc5)c5cc(C(C)(C)C)cc1c53)C(C)(C)CC6(C)C)C(C)(C)CCC4(C)C)C(C)(C)CCC2(C)C. The van der Waals surface area contributed by atoms with Crippen molar-refractivity contribution in [3.63, 3.8) is 0 Å². The van der Waals surface area contributed by atoms with Gasteiger partial charge in [0.2, 0.25) is 0 Å². The van der Waals surface area contributed by atoms with Crippen molar-refractivity contribution >= 4 is 57.2 Å². The van der Waals surface area contributed by atoms with E-state index < -0.39 is 0 Å². The normalized spacial score (nSPS) is 19.7. The fourth-order valence-corrected chi connectivity index (χ4v) is 15.4. The van der Waals surface area contributed by atoms with Crippen LogP contribution in [0, 0.1) is 6.92 Å². The third-order valence-electron chi connectivity index (χ3n) is 20.3. The van der Waals surface area contributed by atoms with Gasteiger partial charge in [-0.05, 0) is 197 Å². The highest BCUT2D eigenvalue weighted by Crippen LogP contribution is 2.57. The van der Waals surface area contributed by atoms with E-state index in [2.05, 4.69) is 262 Å². The Morgan fingerprint density at radius 1 is 0.382 bits per heavy atom. The van der Waals surface area contributed by atoms with Crippen molar-refractivity contribution in [2.45, 2.75) is 200 Å². The highest BCUT2D eigenvalue weighted by atomic mass is 15.2. The molecule has 0 saturated heterocycles. The first-order valence-electron chi connectivity index (χ1n) is 29.0. The molecular weight excluding hydrogens is 916 g/mol. The smallest absolute Gasteiger partial charge is 0.252 e. The van der Waals surface area contributed by atoms with E-state index >= 15 is 0 Å². The highest BCUT2D eigenvalue weighted by molar-refractivity contribution is 7.00. The lowest BCUT2D eigenvalue weighted by Gasteiger charge is -2.49. The molecule has 7 aromatic carbocycles. The van der Waals surface area contributed by atoms with Crippen LogP contribution in [0.25, 0.3) is 11.1 Å². The van der Waals surface area contributed by atoms with Gasteiger partial charge in [-0.2, -0.15) is 0 Å². The molecule has 0 N–H and O–H groups in total. The number of benzene rings is 7. The second kappa shape index (κ2) is 16.4. The summed E-state index contributed by atoms with van der Waals surface area (Å²) in [6, 6.07) is 51.1. The Labute approximate surface area is 458 Å². The van der Waals surface area contributed by atoms with Gasteiger partial charge in [0.25, 0.3) is 6.71 Å². The van der Waals surface area contributed by atoms with Gasteiger partial charge >= 0.3 is 0 Å². The van der Waals surface area contributed by atoms with Gasteiger partial charge in [0, 0.05) is 39.4 Å². The average molecular weight is 1000 g/mol. The molecule has 0 aromatic heterocycles. The zero-order chi connectivity index (χ0) is 54.2. The van der Waals surface area contributed by atoms with Crippen LogP contribution in [-0.4, -0.2) is 6.71 Å². The Morgan fingerprint density at radius 3 is 1.30 bits per heavy atom. The van der Waals surface area contributed by atoms with E-state index in [1.54, 1.807) is 0 Å². The van der Waals surface area contributed by atoms with Crippen molar-refractivity contribution in [1.82, 2.24) is 0 Å². The monoisotopic (exact) mass is 1000 g/mol. The fraction of sp³-hybridized carbons (Fsp3) is 0.425. The van der Waals surface area contributed by atoms with E-state index in [0.717, 1.165) is 6.42 Å². The zero-order valence-corrected chi connectivity index (χ0v) is 49.6. The van der Waals surface area contributed by atoms with Gasteiger partial charge in [-0.1, -0.05) is 203 Å². The number of aryl methyl sites for hydroxylation is 1. The van der Waals surface area contributed by atoms with Gasteiger partial charge in [0.15, 0.2) is 0 Å². The molecule has 0 radical (unpaired) electrons. The van der Waals surface area contributed by atoms with Crippen LogP contribution >= 0.6 is 0 Å². The molecule has 2 aliphatic heterocycles. The van der Waals surface area contributed by atoms with Crippen molar-refractivity contribution in [3.05, 3.63) is 183 Å². The maximum atomic E-state index is 2.79. The van der Waals surface area contributed by atoms with Crippen LogP contribution in [0.3, 0.4) is 0 Å². The van der Waals surface area contributed by atoms with Gasteiger partial charge in [-0.3, -0.25) is 0 Å². The molecule has 2 nitrogen and oxygen atoms in total. The summed E-state index contributed by atoms with van der Waals surface area (Å²) in [6.45, 7) is 44.5. The van der Waals surface area contributed by atoms with Crippen LogP contribution in [0.5, 0.6) is 0 Å². The summed E-state index contributed by atoms with van der Waals surface area (Å²) in [6.07, 6.45) is 5.83. The minimum atomic E-state index is -0.224. The van der Waals surface area contributed by atoms with Gasteiger partial charge in [0.05, 0.1) is 5.69 Å². The Hall–Kier alpha value is -5.80. The summed E-state index contributed by atoms with van der Waals surface area (Å²) in [7, 11) is 0. The van der Waals surface area contributed by atoms with Gasteiger partial charge in [0.1, 0.15) is 0 Å². The highest BCUT2D eigenvalue weighted by Gasteiger charge is 2.51. The van der Waals surface area contributed by atoms with E-state index in [1.165, 1.54) is 143 Å². The molecule has 0 atom stereocenters. The number of nitrogens with zero attached hydrogens (tertiary/aromatic N) is 2. The molecule has 3 heteroatoms. The number of anilines is 6. The van der Waals surface area contributed by atoms with Crippen LogP contribution in [0.2, 0.25) is 0 Å². The molecule has 12 rings (SSSR count). The molecule has 76 heavy (non-hydrogen) atoms. The quantitative estimate of drug-likeness (QED) is 0.159. The predicted molar refractivity (Wildman–Crippen MR) is 329 cm³/mol. The molecule has 0 spiro atoms. The average Bonchev–Trinajstić information content (AvgIpc) is 3.69.